The third-order valence-electron chi connectivity index (χ3n) is 6.54. The molecule has 1 amide bonds. The highest BCUT2D eigenvalue weighted by Crippen LogP contribution is 2.25. The number of amides is 1. The molecular weight excluding hydrogens is 416 g/mol. The van der Waals surface area contributed by atoms with Crippen molar-refractivity contribution in [2.75, 3.05) is 13.1 Å². The van der Waals surface area contributed by atoms with E-state index in [-0.39, 0.29) is 17.6 Å². The van der Waals surface area contributed by atoms with Crippen molar-refractivity contribution < 1.29 is 9.72 Å². The van der Waals surface area contributed by atoms with Crippen molar-refractivity contribution in [1.82, 2.24) is 14.4 Å². The van der Waals surface area contributed by atoms with Crippen molar-refractivity contribution in [3.63, 3.8) is 0 Å². The summed E-state index contributed by atoms with van der Waals surface area (Å²) in [7, 11) is 1.97. The van der Waals surface area contributed by atoms with Crippen LogP contribution in [0.1, 0.15) is 40.0 Å². The molecule has 0 aliphatic carbocycles. The number of benzene rings is 2. The number of hydrogen-bond acceptors (Lipinski definition) is 4. The number of carbonyl (C=O) groups excluding carboxylic acids is 1. The fraction of sp³-hybridized carbons (Fsp3) is 0.346. The third kappa shape index (κ3) is 5.31. The van der Waals surface area contributed by atoms with Gasteiger partial charge < -0.3 is 9.47 Å². The average molecular weight is 447 g/mol. The smallest absolute Gasteiger partial charge is 0.273 e. The summed E-state index contributed by atoms with van der Waals surface area (Å²) in [6.07, 6.45) is 3.71. The molecule has 1 fully saturated rings. The fourth-order valence-corrected chi connectivity index (χ4v) is 4.54. The van der Waals surface area contributed by atoms with E-state index in [1.165, 1.54) is 11.6 Å². The zero-order valence-electron chi connectivity index (χ0n) is 19.2. The molecule has 7 heteroatoms. The van der Waals surface area contributed by atoms with Gasteiger partial charge >= 0.3 is 0 Å². The third-order valence-corrected chi connectivity index (χ3v) is 6.54. The van der Waals surface area contributed by atoms with E-state index < -0.39 is 4.92 Å². The van der Waals surface area contributed by atoms with Gasteiger partial charge in [0.15, 0.2) is 0 Å². The molecule has 3 aromatic rings. The highest BCUT2D eigenvalue weighted by molar-refractivity contribution is 5.95. The second-order valence-electron chi connectivity index (χ2n) is 8.79. The van der Waals surface area contributed by atoms with Crippen LogP contribution < -0.4 is 0 Å². The topological polar surface area (TPSA) is 71.6 Å². The van der Waals surface area contributed by atoms with Crippen LogP contribution in [0.4, 0.5) is 5.69 Å². The van der Waals surface area contributed by atoms with Gasteiger partial charge in [-0.2, -0.15) is 0 Å². The number of piperidine rings is 1. The Morgan fingerprint density at radius 2 is 1.82 bits per heavy atom. The molecule has 0 unspecified atom stereocenters. The molecule has 1 aliphatic rings. The lowest BCUT2D eigenvalue weighted by Gasteiger charge is -2.38. The maximum absolute atomic E-state index is 13.6. The largest absolute Gasteiger partial charge is 0.353 e. The summed E-state index contributed by atoms with van der Waals surface area (Å²) in [5.41, 5.74) is 3.24. The highest BCUT2D eigenvalue weighted by Gasteiger charge is 2.30. The predicted molar refractivity (Wildman–Crippen MR) is 128 cm³/mol. The molecule has 0 bridgehead atoms. The molecule has 0 spiro atoms. The molecule has 1 saturated heterocycles. The molecule has 0 saturated carbocycles. The number of nitro benzene ring substituents is 1. The Morgan fingerprint density at radius 3 is 2.45 bits per heavy atom. The molecule has 2 heterocycles. The first-order chi connectivity index (χ1) is 15.9. The standard InChI is InChI=1S/C26H30N4O3/c1-20-10-11-22(17-25(20)30(32)33)26(31)29(19-24-9-6-14-27(24)2)23-12-15-28(16-13-23)18-21-7-4-3-5-8-21/h3-11,14,17,23H,12-13,15-16,18-19H2,1-2H3. The summed E-state index contributed by atoms with van der Waals surface area (Å²) >= 11 is 0. The number of nitrogens with zero attached hydrogens (tertiary/aromatic N) is 4. The SMILES string of the molecule is Cc1ccc(C(=O)N(Cc2cccn2C)C2CCN(Cc3ccccc3)CC2)cc1[N+](=O)[O-]. The Balaban J connectivity index is 1.53. The number of aryl methyl sites for hydroxylation is 2. The first-order valence-corrected chi connectivity index (χ1v) is 11.3. The fourth-order valence-electron chi connectivity index (χ4n) is 4.54. The molecule has 7 nitrogen and oxygen atoms in total. The minimum atomic E-state index is -0.421. The van der Waals surface area contributed by atoms with E-state index in [0.29, 0.717) is 17.7 Å². The van der Waals surface area contributed by atoms with E-state index in [1.54, 1.807) is 19.1 Å². The quantitative estimate of drug-likeness (QED) is 0.394. The number of carbonyl (C=O) groups is 1. The number of aromatic nitrogens is 1. The Morgan fingerprint density at radius 1 is 1.09 bits per heavy atom. The Labute approximate surface area is 194 Å². The van der Waals surface area contributed by atoms with E-state index in [2.05, 4.69) is 29.2 Å². The van der Waals surface area contributed by atoms with Crippen molar-refractivity contribution in [1.29, 1.82) is 0 Å². The van der Waals surface area contributed by atoms with Gasteiger partial charge in [-0.05, 0) is 43.5 Å². The molecule has 0 atom stereocenters. The monoisotopic (exact) mass is 446 g/mol. The Hall–Kier alpha value is -3.45. The van der Waals surface area contributed by atoms with E-state index in [1.807, 2.05) is 40.9 Å². The second-order valence-corrected chi connectivity index (χ2v) is 8.79. The summed E-state index contributed by atoms with van der Waals surface area (Å²) < 4.78 is 2.02. The van der Waals surface area contributed by atoms with Gasteiger partial charge in [0.2, 0.25) is 0 Å². The molecule has 2 aromatic carbocycles. The van der Waals surface area contributed by atoms with Crippen LogP contribution in [0.2, 0.25) is 0 Å². The van der Waals surface area contributed by atoms with Crippen LogP contribution in [0.5, 0.6) is 0 Å². The summed E-state index contributed by atoms with van der Waals surface area (Å²) in [6.45, 7) is 4.89. The molecule has 172 valence electrons. The Bertz CT molecular complexity index is 1120. The van der Waals surface area contributed by atoms with Crippen LogP contribution in [-0.2, 0) is 20.1 Å². The zero-order valence-corrected chi connectivity index (χ0v) is 19.2. The van der Waals surface area contributed by atoms with Crippen molar-refractivity contribution in [2.24, 2.45) is 7.05 Å². The van der Waals surface area contributed by atoms with Gasteiger partial charge in [-0.3, -0.25) is 19.8 Å². The van der Waals surface area contributed by atoms with Crippen LogP contribution in [0.15, 0.2) is 66.9 Å². The number of rotatable bonds is 7. The first kappa shape index (κ1) is 22.7. The molecule has 0 radical (unpaired) electrons. The summed E-state index contributed by atoms with van der Waals surface area (Å²) in [6, 6.07) is 19.3. The van der Waals surface area contributed by atoms with Crippen LogP contribution in [0.25, 0.3) is 0 Å². The predicted octanol–water partition coefficient (Wildman–Crippen LogP) is 4.55. The number of nitro groups is 1. The second kappa shape index (κ2) is 10.0. The normalized spacial score (nSPS) is 14.8. The van der Waals surface area contributed by atoms with Crippen molar-refractivity contribution in [2.45, 2.75) is 38.9 Å². The van der Waals surface area contributed by atoms with Crippen molar-refractivity contribution in [3.05, 3.63) is 99.4 Å². The summed E-state index contributed by atoms with van der Waals surface area (Å²) in [4.78, 5) is 29.0. The van der Waals surface area contributed by atoms with E-state index in [0.717, 1.165) is 38.2 Å². The molecule has 4 rings (SSSR count). The van der Waals surface area contributed by atoms with Gasteiger partial charge in [0, 0.05) is 61.8 Å². The molecule has 33 heavy (non-hydrogen) atoms. The maximum Gasteiger partial charge on any atom is 0.273 e. The van der Waals surface area contributed by atoms with Gasteiger partial charge in [0.25, 0.3) is 11.6 Å². The average Bonchev–Trinajstić information content (AvgIpc) is 3.23. The summed E-state index contributed by atoms with van der Waals surface area (Å²) in [5.74, 6) is -0.152. The van der Waals surface area contributed by atoms with Gasteiger partial charge in [-0.25, -0.2) is 0 Å². The molecule has 0 N–H and O–H groups in total. The van der Waals surface area contributed by atoms with Crippen LogP contribution >= 0.6 is 0 Å². The van der Waals surface area contributed by atoms with Crippen LogP contribution in [0, 0.1) is 17.0 Å². The maximum atomic E-state index is 13.6. The van der Waals surface area contributed by atoms with Gasteiger partial charge in [0.1, 0.15) is 0 Å². The molecule has 1 aromatic heterocycles. The highest BCUT2D eigenvalue weighted by atomic mass is 16.6. The minimum Gasteiger partial charge on any atom is -0.353 e. The van der Waals surface area contributed by atoms with Crippen molar-refractivity contribution >= 4 is 11.6 Å². The van der Waals surface area contributed by atoms with E-state index in [4.69, 9.17) is 0 Å². The molecule has 1 aliphatic heterocycles. The van der Waals surface area contributed by atoms with Crippen LogP contribution in [0.3, 0.4) is 0 Å². The minimum absolute atomic E-state index is 0.0163. The first-order valence-electron chi connectivity index (χ1n) is 11.3. The Kier molecular flexibility index (Phi) is 6.89. The number of hydrogen-bond donors (Lipinski definition) is 0. The van der Waals surface area contributed by atoms with E-state index in [9.17, 15) is 14.9 Å². The van der Waals surface area contributed by atoms with Gasteiger partial charge in [-0.15, -0.1) is 0 Å². The van der Waals surface area contributed by atoms with Crippen molar-refractivity contribution in [3.8, 4) is 0 Å². The number of likely N-dealkylation sites (tertiary alicyclic amines) is 1. The lowest BCUT2D eigenvalue weighted by atomic mass is 10.00. The molecular formula is C26H30N4O3. The summed E-state index contributed by atoms with van der Waals surface area (Å²) in [5, 5.41) is 11.4. The lowest BCUT2D eigenvalue weighted by molar-refractivity contribution is -0.385. The van der Waals surface area contributed by atoms with E-state index >= 15 is 0 Å². The van der Waals surface area contributed by atoms with Gasteiger partial charge in [0.05, 0.1) is 11.5 Å². The lowest BCUT2D eigenvalue weighted by Crippen LogP contribution is -2.47. The zero-order chi connectivity index (χ0) is 23.4. The van der Waals surface area contributed by atoms with Crippen LogP contribution in [-0.4, -0.2) is 44.3 Å². The van der Waals surface area contributed by atoms with Gasteiger partial charge in [-0.1, -0.05) is 36.4 Å².